The number of halogens is 3. The highest BCUT2D eigenvalue weighted by Crippen LogP contribution is 2.20. The average Bonchev–Trinajstić information content (AvgIpc) is 2.85. The molecule has 33 heavy (non-hydrogen) atoms. The second kappa shape index (κ2) is 13.1. The monoisotopic (exact) mass is 507 g/mol. The third-order valence-electron chi connectivity index (χ3n) is 5.01. The Bertz CT molecular complexity index is 997. The van der Waals surface area contributed by atoms with E-state index in [1.165, 1.54) is 12.4 Å². The number of urea groups is 1. The molecular weight excluding hydrogens is 485 g/mol. The summed E-state index contributed by atoms with van der Waals surface area (Å²) in [6.07, 6.45) is 8.07. The van der Waals surface area contributed by atoms with Crippen LogP contribution in [0.2, 0.25) is 15.5 Å². The largest absolute Gasteiger partial charge is 0.367 e. The van der Waals surface area contributed by atoms with E-state index in [0.29, 0.717) is 23.4 Å². The van der Waals surface area contributed by atoms with Crippen LogP contribution in [-0.4, -0.2) is 50.5 Å². The molecule has 1 fully saturated rings. The van der Waals surface area contributed by atoms with E-state index in [-0.39, 0.29) is 16.3 Å². The number of rotatable bonds is 5. The van der Waals surface area contributed by atoms with Crippen LogP contribution >= 0.6 is 34.8 Å². The van der Waals surface area contributed by atoms with Crippen LogP contribution < -0.4 is 10.6 Å². The molecule has 0 spiro atoms. The summed E-state index contributed by atoms with van der Waals surface area (Å²) >= 11 is 16.8. The fraction of sp³-hybridized carbons (Fsp3) is 0.318. The molecule has 3 heterocycles. The van der Waals surface area contributed by atoms with Crippen molar-refractivity contribution in [2.24, 2.45) is 5.92 Å². The van der Waals surface area contributed by atoms with E-state index < -0.39 is 0 Å². The molecule has 4 rings (SSSR count). The van der Waals surface area contributed by atoms with Gasteiger partial charge in [0.25, 0.3) is 0 Å². The Hall–Kier alpha value is -2.68. The first-order valence-electron chi connectivity index (χ1n) is 10.4. The van der Waals surface area contributed by atoms with Crippen molar-refractivity contribution in [1.29, 1.82) is 0 Å². The van der Waals surface area contributed by atoms with Crippen LogP contribution in [0.3, 0.4) is 0 Å². The molecule has 3 aromatic rings. The van der Waals surface area contributed by atoms with Crippen LogP contribution in [0.25, 0.3) is 0 Å². The predicted molar refractivity (Wildman–Crippen MR) is 131 cm³/mol. The van der Waals surface area contributed by atoms with Crippen molar-refractivity contribution in [3.05, 3.63) is 76.1 Å². The number of amides is 2. The normalized spacial score (nSPS) is 13.6. The fourth-order valence-corrected chi connectivity index (χ4v) is 3.59. The van der Waals surface area contributed by atoms with E-state index in [9.17, 15) is 4.79 Å². The maximum atomic E-state index is 12.3. The summed E-state index contributed by atoms with van der Waals surface area (Å²) in [4.78, 5) is 29.6. The van der Waals surface area contributed by atoms with Crippen LogP contribution in [0.4, 0.5) is 10.6 Å². The van der Waals surface area contributed by atoms with Crippen molar-refractivity contribution < 1.29 is 4.79 Å². The lowest BCUT2D eigenvalue weighted by molar-refractivity contribution is 0.172. The Labute approximate surface area is 207 Å². The second-order valence-electron chi connectivity index (χ2n) is 7.29. The molecule has 0 atom stereocenters. The molecule has 1 aromatic carbocycles. The number of carbonyl (C=O) groups is 1. The Morgan fingerprint density at radius 3 is 2.03 bits per heavy atom. The number of carbonyl (C=O) groups excluding carboxylic acids is 1. The zero-order chi connectivity index (χ0) is 23.5. The van der Waals surface area contributed by atoms with E-state index in [1.54, 1.807) is 12.4 Å². The molecule has 1 aliphatic rings. The molecule has 0 bridgehead atoms. The van der Waals surface area contributed by atoms with Crippen LogP contribution in [0, 0.1) is 5.92 Å². The summed E-state index contributed by atoms with van der Waals surface area (Å²) in [5, 5.41) is 7.11. The standard InChI is InChI=1S/C18H22ClN5O.C4H2Cl2N2/c19-16-17(21-9-8-20-16)22-12-15-6-10-24(11-7-15)18(25)23-13-14-4-2-1-3-5-14;5-3-4(6)8-2-1-7-3/h1-5,8-9,15H,6-7,10-13H2,(H,21,22)(H,23,25);1-2H. The summed E-state index contributed by atoms with van der Waals surface area (Å²) < 4.78 is 0. The van der Waals surface area contributed by atoms with Gasteiger partial charge in [-0.3, -0.25) is 0 Å². The van der Waals surface area contributed by atoms with Gasteiger partial charge in [0.1, 0.15) is 0 Å². The number of hydrogen-bond acceptors (Lipinski definition) is 6. The quantitative estimate of drug-likeness (QED) is 0.506. The molecule has 2 amide bonds. The lowest BCUT2D eigenvalue weighted by atomic mass is 9.97. The molecule has 1 aliphatic heterocycles. The minimum atomic E-state index is 0.00670. The first-order chi connectivity index (χ1) is 16.0. The Balaban J connectivity index is 0.000000323. The van der Waals surface area contributed by atoms with E-state index in [4.69, 9.17) is 34.8 Å². The third kappa shape index (κ3) is 8.31. The van der Waals surface area contributed by atoms with Crippen LogP contribution in [0.5, 0.6) is 0 Å². The van der Waals surface area contributed by atoms with Gasteiger partial charge >= 0.3 is 6.03 Å². The molecule has 0 radical (unpaired) electrons. The van der Waals surface area contributed by atoms with Crippen molar-refractivity contribution in [3.63, 3.8) is 0 Å². The van der Waals surface area contributed by atoms with Gasteiger partial charge in [-0.15, -0.1) is 0 Å². The minimum Gasteiger partial charge on any atom is -0.367 e. The number of piperidine rings is 1. The zero-order valence-corrected chi connectivity index (χ0v) is 20.1. The highest BCUT2D eigenvalue weighted by atomic mass is 35.5. The van der Waals surface area contributed by atoms with E-state index >= 15 is 0 Å². The van der Waals surface area contributed by atoms with Crippen molar-refractivity contribution in [2.75, 3.05) is 25.0 Å². The van der Waals surface area contributed by atoms with Gasteiger partial charge < -0.3 is 15.5 Å². The van der Waals surface area contributed by atoms with Crippen molar-refractivity contribution in [3.8, 4) is 0 Å². The molecule has 1 saturated heterocycles. The molecular formula is C22H24Cl3N7O. The van der Waals surface area contributed by atoms with Gasteiger partial charge in [-0.2, -0.15) is 0 Å². The third-order valence-corrected chi connectivity index (χ3v) is 5.94. The number of nitrogens with one attached hydrogen (secondary N) is 2. The van der Waals surface area contributed by atoms with Gasteiger partial charge in [0.05, 0.1) is 0 Å². The number of nitrogens with zero attached hydrogens (tertiary/aromatic N) is 5. The summed E-state index contributed by atoms with van der Waals surface area (Å²) in [5.41, 5.74) is 1.11. The van der Waals surface area contributed by atoms with Gasteiger partial charge in [0.2, 0.25) is 0 Å². The summed E-state index contributed by atoms with van der Waals surface area (Å²) in [6, 6.07) is 9.95. The zero-order valence-electron chi connectivity index (χ0n) is 17.8. The molecule has 8 nitrogen and oxygen atoms in total. The molecule has 0 aliphatic carbocycles. The van der Waals surface area contributed by atoms with Gasteiger partial charge in [-0.1, -0.05) is 65.1 Å². The molecule has 0 unspecified atom stereocenters. The van der Waals surface area contributed by atoms with E-state index in [1.807, 2.05) is 35.2 Å². The van der Waals surface area contributed by atoms with Gasteiger partial charge in [-0.05, 0) is 24.3 Å². The molecule has 11 heteroatoms. The Morgan fingerprint density at radius 2 is 1.45 bits per heavy atom. The van der Waals surface area contributed by atoms with Crippen LogP contribution in [0.15, 0.2) is 55.1 Å². The topological polar surface area (TPSA) is 95.9 Å². The fourth-order valence-electron chi connectivity index (χ4n) is 3.21. The Morgan fingerprint density at radius 1 is 0.879 bits per heavy atom. The average molecular weight is 509 g/mol. The van der Waals surface area contributed by atoms with Gasteiger partial charge in [0, 0.05) is 51.0 Å². The molecule has 174 valence electrons. The van der Waals surface area contributed by atoms with Crippen molar-refractivity contribution in [2.45, 2.75) is 19.4 Å². The number of likely N-dealkylation sites (tertiary alicyclic amines) is 1. The minimum absolute atomic E-state index is 0.00670. The summed E-state index contributed by atoms with van der Waals surface area (Å²) in [7, 11) is 0. The summed E-state index contributed by atoms with van der Waals surface area (Å²) in [6.45, 7) is 2.88. The smallest absolute Gasteiger partial charge is 0.317 e. The lowest BCUT2D eigenvalue weighted by Gasteiger charge is -2.32. The first-order valence-corrected chi connectivity index (χ1v) is 11.6. The van der Waals surface area contributed by atoms with E-state index in [2.05, 4.69) is 30.6 Å². The highest BCUT2D eigenvalue weighted by Gasteiger charge is 2.22. The molecule has 0 saturated carbocycles. The van der Waals surface area contributed by atoms with Crippen LogP contribution in [-0.2, 0) is 6.54 Å². The van der Waals surface area contributed by atoms with Crippen molar-refractivity contribution in [1.82, 2.24) is 30.2 Å². The maximum Gasteiger partial charge on any atom is 0.317 e. The first kappa shape index (κ1) is 25.0. The second-order valence-corrected chi connectivity index (χ2v) is 8.36. The molecule has 2 N–H and O–H groups in total. The highest BCUT2D eigenvalue weighted by molar-refractivity contribution is 6.40. The predicted octanol–water partition coefficient (Wildman–Crippen LogP) is 4.95. The van der Waals surface area contributed by atoms with Crippen LogP contribution in [0.1, 0.15) is 18.4 Å². The van der Waals surface area contributed by atoms with Crippen molar-refractivity contribution >= 4 is 46.7 Å². The van der Waals surface area contributed by atoms with E-state index in [0.717, 1.165) is 38.0 Å². The van der Waals surface area contributed by atoms with Gasteiger partial charge in [-0.25, -0.2) is 24.7 Å². The molecule has 2 aromatic heterocycles. The van der Waals surface area contributed by atoms with Gasteiger partial charge in [0.15, 0.2) is 21.3 Å². The number of anilines is 1. The number of aromatic nitrogens is 4. The SMILES string of the molecule is Clc1nccnc1Cl.O=C(NCc1ccccc1)N1CCC(CNc2nccnc2Cl)CC1. The summed E-state index contributed by atoms with van der Waals surface area (Å²) in [5.74, 6) is 1.11. The number of hydrogen-bond donors (Lipinski definition) is 2. The maximum absolute atomic E-state index is 12.3. The number of benzene rings is 1. The lowest BCUT2D eigenvalue weighted by Crippen LogP contribution is -2.45. The Kier molecular flexibility index (Phi) is 9.93.